The monoisotopic (exact) mass is 434 g/mol. The van der Waals surface area contributed by atoms with Gasteiger partial charge in [-0.1, -0.05) is 23.7 Å². The number of hydrogen-bond donors (Lipinski definition) is 0. The molecule has 2 heterocycles. The first kappa shape index (κ1) is 20.7. The van der Waals surface area contributed by atoms with Crippen LogP contribution in [-0.2, 0) is 14.3 Å². The molecule has 29 heavy (non-hydrogen) atoms. The summed E-state index contributed by atoms with van der Waals surface area (Å²) in [6, 6.07) is 6.36. The quantitative estimate of drug-likeness (QED) is 0.520. The molecular formula is C19H13ClNO7S-. The van der Waals surface area contributed by atoms with Crippen LogP contribution in [0.1, 0.15) is 23.0 Å². The van der Waals surface area contributed by atoms with Gasteiger partial charge >= 0.3 is 5.97 Å². The van der Waals surface area contributed by atoms with Crippen LogP contribution >= 0.6 is 23.4 Å². The smallest absolute Gasteiger partial charge is 0.328 e. The van der Waals surface area contributed by atoms with Gasteiger partial charge in [0.15, 0.2) is 0 Å². The van der Waals surface area contributed by atoms with E-state index in [1.807, 2.05) is 0 Å². The Labute approximate surface area is 174 Å². The number of aromatic carboxylic acids is 1. The maximum Gasteiger partial charge on any atom is 0.328 e. The minimum absolute atomic E-state index is 0.00151. The third kappa shape index (κ3) is 4.06. The van der Waals surface area contributed by atoms with Crippen molar-refractivity contribution in [1.82, 2.24) is 4.90 Å². The van der Waals surface area contributed by atoms with Crippen LogP contribution in [0.15, 0.2) is 39.7 Å². The number of thioether (sulfide) groups is 1. The van der Waals surface area contributed by atoms with Crippen molar-refractivity contribution in [1.29, 1.82) is 0 Å². The molecule has 0 bridgehead atoms. The molecule has 0 unspecified atom stereocenters. The minimum atomic E-state index is -1.39. The highest BCUT2D eigenvalue weighted by atomic mass is 35.5. The van der Waals surface area contributed by atoms with E-state index >= 15 is 0 Å². The van der Waals surface area contributed by atoms with Crippen LogP contribution in [0.5, 0.6) is 0 Å². The van der Waals surface area contributed by atoms with Crippen molar-refractivity contribution in [3.8, 4) is 11.3 Å². The van der Waals surface area contributed by atoms with Crippen molar-refractivity contribution in [2.24, 2.45) is 0 Å². The normalized spacial score (nSPS) is 16.4. The molecule has 0 saturated carbocycles. The van der Waals surface area contributed by atoms with Crippen LogP contribution in [0.3, 0.4) is 0 Å². The second kappa shape index (κ2) is 8.14. The number of methoxy groups -OCH3 is 1. The number of amides is 2. The highest BCUT2D eigenvalue weighted by Crippen LogP contribution is 2.35. The number of nitrogens with zero attached hydrogens (tertiary/aromatic N) is 1. The van der Waals surface area contributed by atoms with Gasteiger partial charge in [0.25, 0.3) is 11.1 Å². The van der Waals surface area contributed by atoms with E-state index < -0.39 is 29.1 Å². The molecule has 0 spiro atoms. The molecule has 1 fully saturated rings. The number of benzene rings is 1. The molecule has 0 aliphatic carbocycles. The maximum absolute atomic E-state index is 12.5. The topological polar surface area (TPSA) is 117 Å². The highest BCUT2D eigenvalue weighted by molar-refractivity contribution is 8.18. The molecule has 1 atom stereocenters. The summed E-state index contributed by atoms with van der Waals surface area (Å²) in [5.74, 6) is -2.05. The Balaban J connectivity index is 1.84. The molecule has 150 valence electrons. The number of carbonyl (C=O) groups is 4. The van der Waals surface area contributed by atoms with Crippen molar-refractivity contribution in [2.45, 2.75) is 13.0 Å². The Bertz CT molecular complexity index is 1060. The van der Waals surface area contributed by atoms with Crippen LogP contribution in [-0.4, -0.2) is 41.1 Å². The number of imide groups is 1. The number of carbonyl (C=O) groups excluding carboxylic acids is 4. The number of esters is 1. The van der Waals surface area contributed by atoms with E-state index in [0.29, 0.717) is 23.1 Å². The van der Waals surface area contributed by atoms with Crippen LogP contribution < -0.4 is 5.11 Å². The molecule has 0 N–H and O–H groups in total. The number of furan rings is 1. The Morgan fingerprint density at radius 3 is 2.62 bits per heavy atom. The number of carboxylic acids is 1. The summed E-state index contributed by atoms with van der Waals surface area (Å²) < 4.78 is 10.2. The second-order valence-corrected chi connectivity index (χ2v) is 7.34. The van der Waals surface area contributed by atoms with Gasteiger partial charge in [0.05, 0.1) is 23.0 Å². The van der Waals surface area contributed by atoms with Gasteiger partial charge in [0.1, 0.15) is 17.6 Å². The molecule has 0 radical (unpaired) electrons. The van der Waals surface area contributed by atoms with Crippen LogP contribution in [0, 0.1) is 0 Å². The fourth-order valence-electron chi connectivity index (χ4n) is 2.64. The lowest BCUT2D eigenvalue weighted by Crippen LogP contribution is -2.42. The molecule has 8 nitrogen and oxygen atoms in total. The van der Waals surface area contributed by atoms with Gasteiger partial charge in [-0.05, 0) is 36.9 Å². The third-order valence-corrected chi connectivity index (χ3v) is 5.32. The predicted molar refractivity (Wildman–Crippen MR) is 103 cm³/mol. The summed E-state index contributed by atoms with van der Waals surface area (Å²) >= 11 is 6.62. The summed E-state index contributed by atoms with van der Waals surface area (Å²) in [5, 5.41) is 10.3. The summed E-state index contributed by atoms with van der Waals surface area (Å²) in [6.07, 6.45) is 1.38. The van der Waals surface area contributed by atoms with Crippen LogP contribution in [0.2, 0.25) is 5.02 Å². The molecule has 3 rings (SSSR count). The van der Waals surface area contributed by atoms with Gasteiger partial charge in [-0.3, -0.25) is 14.5 Å². The Morgan fingerprint density at radius 1 is 1.28 bits per heavy atom. The highest BCUT2D eigenvalue weighted by Gasteiger charge is 2.41. The van der Waals surface area contributed by atoms with Crippen molar-refractivity contribution in [3.63, 3.8) is 0 Å². The summed E-state index contributed by atoms with van der Waals surface area (Å²) in [6.45, 7) is 1.40. The van der Waals surface area contributed by atoms with Gasteiger partial charge in [0.2, 0.25) is 0 Å². The summed E-state index contributed by atoms with van der Waals surface area (Å²) in [7, 11) is 1.17. The zero-order valence-electron chi connectivity index (χ0n) is 15.1. The van der Waals surface area contributed by atoms with Gasteiger partial charge in [-0.25, -0.2) is 4.79 Å². The molecule has 1 aliphatic heterocycles. The Hall–Kier alpha value is -3.04. The fraction of sp³-hybridized carbons (Fsp3) is 0.158. The van der Waals surface area contributed by atoms with Crippen LogP contribution in [0.4, 0.5) is 4.79 Å². The van der Waals surface area contributed by atoms with Crippen molar-refractivity contribution in [3.05, 3.63) is 51.6 Å². The average molecular weight is 435 g/mol. The van der Waals surface area contributed by atoms with Crippen LogP contribution in [0.25, 0.3) is 17.4 Å². The van der Waals surface area contributed by atoms with Gasteiger partial charge in [0, 0.05) is 17.2 Å². The zero-order chi connectivity index (χ0) is 21.3. The minimum Gasteiger partial charge on any atom is -0.545 e. The summed E-state index contributed by atoms with van der Waals surface area (Å²) in [5.41, 5.74) is 0.377. The van der Waals surface area contributed by atoms with E-state index in [9.17, 15) is 24.3 Å². The number of ether oxygens (including phenoxy) is 1. The molecule has 1 saturated heterocycles. The molecule has 2 aromatic rings. The molecule has 2 amide bonds. The van der Waals surface area contributed by atoms with Gasteiger partial charge in [-0.2, -0.15) is 0 Å². The van der Waals surface area contributed by atoms with Gasteiger partial charge in [-0.15, -0.1) is 0 Å². The largest absolute Gasteiger partial charge is 0.545 e. The molecule has 10 heteroatoms. The number of halogens is 1. The SMILES string of the molecule is COC(=O)[C@H](C)N1C(=O)S/C(=C/c2ccc(-c3ccc(C(=O)[O-])c(Cl)c3)o2)C1=O. The Morgan fingerprint density at radius 2 is 2.00 bits per heavy atom. The van der Waals surface area contributed by atoms with E-state index in [1.165, 1.54) is 38.3 Å². The number of carboxylic acid groups (broad SMARTS) is 1. The lowest BCUT2D eigenvalue weighted by Gasteiger charge is -2.18. The molecular weight excluding hydrogens is 422 g/mol. The number of rotatable bonds is 5. The van der Waals surface area contributed by atoms with Crippen molar-refractivity contribution < 1.29 is 33.4 Å². The fourth-order valence-corrected chi connectivity index (χ4v) is 3.78. The van der Waals surface area contributed by atoms with E-state index in [0.717, 1.165) is 4.90 Å². The van der Waals surface area contributed by atoms with E-state index in [1.54, 1.807) is 12.1 Å². The van der Waals surface area contributed by atoms with E-state index in [4.69, 9.17) is 16.0 Å². The number of hydrogen-bond acceptors (Lipinski definition) is 8. The second-order valence-electron chi connectivity index (χ2n) is 5.93. The molecule has 1 aromatic heterocycles. The predicted octanol–water partition coefficient (Wildman–Crippen LogP) is 2.56. The first-order valence-electron chi connectivity index (χ1n) is 8.19. The first-order valence-corrected chi connectivity index (χ1v) is 9.38. The van der Waals surface area contributed by atoms with Crippen molar-refractivity contribution in [2.75, 3.05) is 7.11 Å². The molecule has 1 aliphatic rings. The molecule has 1 aromatic carbocycles. The lowest BCUT2D eigenvalue weighted by molar-refractivity contribution is -0.255. The van der Waals surface area contributed by atoms with Crippen molar-refractivity contribution >= 4 is 52.5 Å². The average Bonchev–Trinajstić information content (AvgIpc) is 3.25. The van der Waals surface area contributed by atoms with E-state index in [-0.39, 0.29) is 21.3 Å². The Kier molecular flexibility index (Phi) is 5.81. The maximum atomic E-state index is 12.5. The standard InChI is InChI=1S/C19H14ClNO7S/c1-9(18(25)27-2)21-16(22)15(29-19(21)26)8-11-4-6-14(28-11)10-3-5-12(17(23)24)13(20)7-10/h3-9H,1-2H3,(H,23,24)/p-1/b15-8+/t9-/m0/s1. The lowest BCUT2D eigenvalue weighted by atomic mass is 10.1. The summed E-state index contributed by atoms with van der Waals surface area (Å²) in [4.78, 5) is 48.1. The first-order chi connectivity index (χ1) is 13.7. The van der Waals surface area contributed by atoms with Gasteiger partial charge < -0.3 is 19.1 Å². The zero-order valence-corrected chi connectivity index (χ0v) is 16.7. The van der Waals surface area contributed by atoms with E-state index in [2.05, 4.69) is 4.74 Å². The third-order valence-electron chi connectivity index (χ3n) is 4.13.